The Morgan fingerprint density at radius 2 is 1.93 bits per heavy atom. The van der Waals surface area contributed by atoms with Gasteiger partial charge >= 0.3 is 6.03 Å². The Kier molecular flexibility index (Phi) is 5.77. The first-order valence-electron chi connectivity index (χ1n) is 4.49. The van der Waals surface area contributed by atoms with Crippen LogP contribution in [0.3, 0.4) is 0 Å². The minimum absolute atomic E-state index is 0.162. The summed E-state index contributed by atoms with van der Waals surface area (Å²) >= 11 is 10.2. The highest BCUT2D eigenvalue weighted by Crippen LogP contribution is 2.13. The number of urea groups is 1. The van der Waals surface area contributed by atoms with Crippen molar-refractivity contribution in [3.8, 4) is 0 Å². The van der Waals surface area contributed by atoms with Gasteiger partial charge in [0.05, 0.1) is 0 Å². The van der Waals surface area contributed by atoms with Gasteiger partial charge in [-0.1, -0.05) is 47.8 Å². The molecule has 1 aliphatic heterocycles. The average Bonchev–Trinajstić information content (AvgIpc) is 2.50. The third-order valence-corrected chi connectivity index (χ3v) is 4.74. The van der Waals surface area contributed by atoms with Gasteiger partial charge in [0.25, 0.3) is 0 Å². The van der Waals surface area contributed by atoms with Crippen LogP contribution in [-0.4, -0.2) is 57.5 Å². The zero-order chi connectivity index (χ0) is 10.6. The molecule has 1 unspecified atom stereocenters. The predicted molar refractivity (Wildman–Crippen MR) is 68.8 cm³/mol. The van der Waals surface area contributed by atoms with Crippen LogP contribution in [-0.2, 0) is 0 Å². The Hall–Kier alpha value is 0.710. The molecule has 0 aromatic heterocycles. The number of hydrogen-bond donors (Lipinski definition) is 0. The Morgan fingerprint density at radius 1 is 1.29 bits per heavy atom. The first-order chi connectivity index (χ1) is 6.69. The fourth-order valence-electron chi connectivity index (χ4n) is 1.40. The molecule has 1 rings (SSSR count). The van der Waals surface area contributed by atoms with E-state index >= 15 is 0 Å². The second-order valence-electron chi connectivity index (χ2n) is 3.16. The Labute approximate surface area is 110 Å². The largest absolute Gasteiger partial charge is 0.322 e. The van der Waals surface area contributed by atoms with E-state index in [1.54, 1.807) is 0 Å². The van der Waals surface area contributed by atoms with Crippen LogP contribution in [0.1, 0.15) is 0 Å². The van der Waals surface area contributed by atoms with Crippen molar-refractivity contribution in [2.45, 2.75) is 4.83 Å². The number of amides is 2. The van der Waals surface area contributed by atoms with Crippen molar-refractivity contribution in [1.82, 2.24) is 9.80 Å². The molecule has 0 N–H and O–H groups in total. The minimum atomic E-state index is 0.162. The molecule has 1 heterocycles. The number of nitrogens with zero attached hydrogens (tertiary/aromatic N) is 2. The second-order valence-corrected chi connectivity index (χ2v) is 5.89. The monoisotopic (exact) mass is 390 g/mol. The van der Waals surface area contributed by atoms with E-state index < -0.39 is 0 Å². The maximum Gasteiger partial charge on any atom is 0.320 e. The quantitative estimate of drug-likeness (QED) is 0.658. The summed E-state index contributed by atoms with van der Waals surface area (Å²) < 4.78 is 0. The van der Waals surface area contributed by atoms with Gasteiger partial charge in [-0.3, -0.25) is 0 Å². The van der Waals surface area contributed by atoms with Gasteiger partial charge in [-0.2, -0.15) is 0 Å². The smallest absolute Gasteiger partial charge is 0.320 e. The topological polar surface area (TPSA) is 23.6 Å². The fourth-order valence-corrected chi connectivity index (χ4v) is 2.38. The molecule has 6 heteroatoms. The van der Waals surface area contributed by atoms with Crippen LogP contribution >= 0.6 is 47.8 Å². The molecular formula is C8H13Br3N2O. The lowest BCUT2D eigenvalue weighted by atomic mass is 10.4. The van der Waals surface area contributed by atoms with E-state index in [4.69, 9.17) is 0 Å². The van der Waals surface area contributed by atoms with E-state index in [0.717, 1.165) is 36.8 Å². The highest BCUT2D eigenvalue weighted by molar-refractivity contribution is 9.12. The van der Waals surface area contributed by atoms with Gasteiger partial charge in [-0.15, -0.1) is 0 Å². The first kappa shape index (κ1) is 12.8. The summed E-state index contributed by atoms with van der Waals surface area (Å²) in [6.45, 7) is 3.28. The number of rotatable bonds is 5. The van der Waals surface area contributed by atoms with Gasteiger partial charge in [-0.05, 0) is 0 Å². The molecule has 0 radical (unpaired) electrons. The molecular weight excluding hydrogens is 380 g/mol. The Balaban J connectivity index is 2.39. The minimum Gasteiger partial charge on any atom is -0.322 e. The van der Waals surface area contributed by atoms with E-state index in [0.29, 0.717) is 4.83 Å². The molecule has 2 amide bonds. The Morgan fingerprint density at radius 3 is 2.50 bits per heavy atom. The maximum atomic E-state index is 11.7. The molecule has 0 aromatic carbocycles. The normalized spacial score (nSPS) is 19.2. The molecule has 0 spiro atoms. The van der Waals surface area contributed by atoms with Crippen molar-refractivity contribution in [1.29, 1.82) is 0 Å². The van der Waals surface area contributed by atoms with Gasteiger partial charge < -0.3 is 9.80 Å². The number of alkyl halides is 3. The van der Waals surface area contributed by atoms with Crippen molar-refractivity contribution in [3.05, 3.63) is 0 Å². The van der Waals surface area contributed by atoms with Crippen molar-refractivity contribution in [2.24, 2.45) is 0 Å². The van der Waals surface area contributed by atoms with Gasteiger partial charge in [0.15, 0.2) is 0 Å². The molecule has 1 atom stereocenters. The lowest BCUT2D eigenvalue weighted by Crippen LogP contribution is -2.36. The first-order valence-corrected chi connectivity index (χ1v) is 7.64. The van der Waals surface area contributed by atoms with Crippen LogP contribution in [0.25, 0.3) is 0 Å². The van der Waals surface area contributed by atoms with Crippen molar-refractivity contribution in [2.75, 3.05) is 36.8 Å². The van der Waals surface area contributed by atoms with E-state index in [-0.39, 0.29) is 6.03 Å². The van der Waals surface area contributed by atoms with Crippen molar-refractivity contribution < 1.29 is 4.79 Å². The predicted octanol–water partition coefficient (Wildman–Crippen LogP) is 2.28. The highest BCUT2D eigenvalue weighted by atomic mass is 79.9. The summed E-state index contributed by atoms with van der Waals surface area (Å²) in [5, 5.41) is 1.72. The molecule has 3 nitrogen and oxygen atoms in total. The maximum absolute atomic E-state index is 11.7. The molecule has 0 bridgehead atoms. The van der Waals surface area contributed by atoms with Crippen LogP contribution in [0.15, 0.2) is 0 Å². The van der Waals surface area contributed by atoms with E-state index in [1.807, 2.05) is 9.80 Å². The average molecular weight is 393 g/mol. The molecule has 14 heavy (non-hydrogen) atoms. The summed E-state index contributed by atoms with van der Waals surface area (Å²) in [4.78, 5) is 15.9. The zero-order valence-corrected chi connectivity index (χ0v) is 12.5. The van der Waals surface area contributed by atoms with Crippen LogP contribution in [0.5, 0.6) is 0 Å². The standard InChI is InChI=1S/C8H13Br3N2O/c9-1-2-12-3-4-13(8(12)14)6-7(11)5-10/h7H,1-6H2. The SMILES string of the molecule is O=C1N(CCBr)CCN1CC(Br)CBr. The molecule has 1 saturated heterocycles. The van der Waals surface area contributed by atoms with E-state index in [1.165, 1.54) is 0 Å². The van der Waals surface area contributed by atoms with Crippen LogP contribution in [0, 0.1) is 0 Å². The molecule has 1 fully saturated rings. The summed E-state index contributed by atoms with van der Waals surface area (Å²) in [6.07, 6.45) is 0. The summed E-state index contributed by atoms with van der Waals surface area (Å²) in [5.74, 6) is 0. The van der Waals surface area contributed by atoms with Crippen molar-refractivity contribution in [3.63, 3.8) is 0 Å². The van der Waals surface area contributed by atoms with Gasteiger partial charge in [0.1, 0.15) is 0 Å². The highest BCUT2D eigenvalue weighted by Gasteiger charge is 2.28. The molecule has 0 saturated carbocycles. The zero-order valence-electron chi connectivity index (χ0n) is 7.76. The molecule has 0 aromatic rings. The lowest BCUT2D eigenvalue weighted by Gasteiger charge is -2.19. The number of carbonyl (C=O) groups is 1. The van der Waals surface area contributed by atoms with Gasteiger partial charge in [0.2, 0.25) is 0 Å². The summed E-state index contributed by atoms with van der Waals surface area (Å²) in [5.41, 5.74) is 0. The third kappa shape index (κ3) is 3.38. The molecule has 1 aliphatic rings. The lowest BCUT2D eigenvalue weighted by molar-refractivity contribution is 0.195. The summed E-state index contributed by atoms with van der Waals surface area (Å²) in [7, 11) is 0. The van der Waals surface area contributed by atoms with Crippen LogP contribution in [0.4, 0.5) is 4.79 Å². The number of halogens is 3. The van der Waals surface area contributed by atoms with E-state index in [9.17, 15) is 4.79 Å². The fraction of sp³-hybridized carbons (Fsp3) is 0.875. The second kappa shape index (κ2) is 6.33. The van der Waals surface area contributed by atoms with Gasteiger partial charge in [0, 0.05) is 41.7 Å². The number of hydrogen-bond acceptors (Lipinski definition) is 1. The third-order valence-electron chi connectivity index (χ3n) is 2.12. The van der Waals surface area contributed by atoms with Crippen molar-refractivity contribution >= 4 is 53.8 Å². The number of carbonyl (C=O) groups excluding carboxylic acids is 1. The molecule has 0 aliphatic carbocycles. The van der Waals surface area contributed by atoms with Gasteiger partial charge in [-0.25, -0.2) is 4.79 Å². The Bertz CT molecular complexity index is 203. The van der Waals surface area contributed by atoms with Crippen LogP contribution < -0.4 is 0 Å². The van der Waals surface area contributed by atoms with Crippen LogP contribution in [0.2, 0.25) is 0 Å². The summed E-state index contributed by atoms with van der Waals surface area (Å²) in [6, 6.07) is 0.162. The van der Waals surface area contributed by atoms with E-state index in [2.05, 4.69) is 47.8 Å². The molecule has 82 valence electrons.